The molecule has 0 bridgehead atoms. The summed E-state index contributed by atoms with van der Waals surface area (Å²) in [4.78, 5) is 11.0. The second kappa shape index (κ2) is 5.42. The summed E-state index contributed by atoms with van der Waals surface area (Å²) in [6.45, 7) is 6.26. The molecule has 0 saturated heterocycles. The maximum atomic E-state index is 12.4. The Balaban J connectivity index is 2.24. The molecular weight excluding hydrogens is 290 g/mol. The Morgan fingerprint density at radius 1 is 1.38 bits per heavy atom. The molecule has 1 saturated carbocycles. The fourth-order valence-electron chi connectivity index (χ4n) is 2.46. The van der Waals surface area contributed by atoms with Gasteiger partial charge in [0, 0.05) is 6.54 Å². The van der Waals surface area contributed by atoms with E-state index in [0.717, 1.165) is 12.8 Å². The van der Waals surface area contributed by atoms with Crippen LogP contribution in [0, 0.1) is 18.3 Å². The van der Waals surface area contributed by atoms with Crippen molar-refractivity contribution in [2.75, 3.05) is 6.54 Å². The van der Waals surface area contributed by atoms with E-state index in [-0.39, 0.29) is 15.9 Å². The third kappa shape index (κ3) is 3.27. The summed E-state index contributed by atoms with van der Waals surface area (Å²) >= 11 is 0. The molecule has 0 unspecified atom stereocenters. The molecule has 5 nitrogen and oxygen atoms in total. The maximum Gasteiger partial charge on any atom is 0.335 e. The van der Waals surface area contributed by atoms with E-state index < -0.39 is 16.0 Å². The highest BCUT2D eigenvalue weighted by Crippen LogP contribution is 2.51. The maximum absolute atomic E-state index is 12.4. The number of carboxylic acid groups (broad SMARTS) is 1. The zero-order valence-corrected chi connectivity index (χ0v) is 13.3. The van der Waals surface area contributed by atoms with Crippen molar-refractivity contribution in [1.29, 1.82) is 0 Å². The normalized spacial score (nSPS) is 17.0. The highest BCUT2D eigenvalue weighted by molar-refractivity contribution is 7.89. The predicted octanol–water partition coefficient (Wildman–Crippen LogP) is 2.41. The molecule has 1 aliphatic carbocycles. The number of benzene rings is 1. The van der Waals surface area contributed by atoms with Gasteiger partial charge in [0.25, 0.3) is 0 Å². The van der Waals surface area contributed by atoms with Crippen LogP contribution >= 0.6 is 0 Å². The Bertz CT molecular complexity index is 660. The monoisotopic (exact) mass is 311 g/mol. The van der Waals surface area contributed by atoms with Crippen LogP contribution in [0.25, 0.3) is 0 Å². The van der Waals surface area contributed by atoms with Crippen molar-refractivity contribution in [2.45, 2.75) is 38.5 Å². The van der Waals surface area contributed by atoms with Crippen LogP contribution in [0.4, 0.5) is 0 Å². The average Bonchev–Trinajstić information content (AvgIpc) is 3.17. The van der Waals surface area contributed by atoms with Gasteiger partial charge in [-0.05, 0) is 48.8 Å². The van der Waals surface area contributed by atoms with Crippen molar-refractivity contribution in [3.63, 3.8) is 0 Å². The summed E-state index contributed by atoms with van der Waals surface area (Å²) in [7, 11) is -3.69. The molecule has 0 aromatic heterocycles. The SMILES string of the molecule is Cc1ccc(C(=O)O)cc1S(=O)(=O)NCC1(C(C)C)CC1. The summed E-state index contributed by atoms with van der Waals surface area (Å²) < 4.78 is 27.5. The Hall–Kier alpha value is -1.40. The molecule has 1 aromatic carbocycles. The third-order valence-corrected chi connectivity index (χ3v) is 6.00. The average molecular weight is 311 g/mol. The summed E-state index contributed by atoms with van der Waals surface area (Å²) in [5.74, 6) is -0.709. The lowest BCUT2D eigenvalue weighted by atomic mass is 9.93. The van der Waals surface area contributed by atoms with Crippen LogP contribution < -0.4 is 4.72 Å². The number of hydrogen-bond donors (Lipinski definition) is 2. The van der Waals surface area contributed by atoms with Crippen molar-refractivity contribution < 1.29 is 18.3 Å². The van der Waals surface area contributed by atoms with Gasteiger partial charge in [-0.1, -0.05) is 19.9 Å². The van der Waals surface area contributed by atoms with Gasteiger partial charge < -0.3 is 5.11 Å². The third-order valence-electron chi connectivity index (χ3n) is 4.46. The number of hydrogen-bond acceptors (Lipinski definition) is 3. The molecular formula is C15H21NO4S. The largest absolute Gasteiger partial charge is 0.478 e. The summed E-state index contributed by atoms with van der Waals surface area (Å²) in [6.07, 6.45) is 2.06. The Morgan fingerprint density at radius 2 is 2.00 bits per heavy atom. The second-order valence-electron chi connectivity index (χ2n) is 6.13. The molecule has 0 aliphatic heterocycles. The fraction of sp³-hybridized carbons (Fsp3) is 0.533. The van der Waals surface area contributed by atoms with Crippen molar-refractivity contribution in [1.82, 2.24) is 4.72 Å². The lowest BCUT2D eigenvalue weighted by Crippen LogP contribution is -2.33. The van der Waals surface area contributed by atoms with Crippen LogP contribution in [0.15, 0.2) is 23.1 Å². The highest BCUT2D eigenvalue weighted by atomic mass is 32.2. The number of carbonyl (C=O) groups is 1. The molecule has 2 N–H and O–H groups in total. The molecule has 21 heavy (non-hydrogen) atoms. The van der Waals surface area contributed by atoms with Crippen molar-refractivity contribution in [3.8, 4) is 0 Å². The number of nitrogens with one attached hydrogen (secondary N) is 1. The Morgan fingerprint density at radius 3 is 2.48 bits per heavy atom. The van der Waals surface area contributed by atoms with Crippen LogP contribution in [-0.4, -0.2) is 26.0 Å². The van der Waals surface area contributed by atoms with Gasteiger partial charge in [-0.15, -0.1) is 0 Å². The van der Waals surface area contributed by atoms with E-state index in [0.29, 0.717) is 18.0 Å². The zero-order valence-electron chi connectivity index (χ0n) is 12.5. The summed E-state index contributed by atoms with van der Waals surface area (Å²) in [6, 6.07) is 4.15. The molecule has 2 rings (SSSR count). The Labute approximate surface area is 125 Å². The van der Waals surface area contributed by atoms with Gasteiger partial charge in [-0.3, -0.25) is 0 Å². The minimum Gasteiger partial charge on any atom is -0.478 e. The van der Waals surface area contributed by atoms with E-state index in [9.17, 15) is 13.2 Å². The summed E-state index contributed by atoms with van der Waals surface area (Å²) in [5.41, 5.74) is 0.582. The van der Waals surface area contributed by atoms with Crippen molar-refractivity contribution in [3.05, 3.63) is 29.3 Å². The van der Waals surface area contributed by atoms with E-state index in [1.165, 1.54) is 18.2 Å². The standard InChI is InChI=1S/C15H21NO4S/c1-10(2)15(6-7-15)9-16-21(19,20)13-8-12(14(17)18)5-4-11(13)3/h4-5,8,10,16H,6-7,9H2,1-3H3,(H,17,18). The quantitative estimate of drug-likeness (QED) is 0.845. The van der Waals surface area contributed by atoms with Crippen molar-refractivity contribution >= 4 is 16.0 Å². The second-order valence-corrected chi connectivity index (χ2v) is 7.86. The molecule has 0 amide bonds. The first-order valence-electron chi connectivity index (χ1n) is 7.01. The first-order chi connectivity index (χ1) is 9.68. The minimum absolute atomic E-state index is 0.0223. The van der Waals surface area contributed by atoms with Gasteiger partial charge in [0.15, 0.2) is 0 Å². The van der Waals surface area contributed by atoms with Crippen molar-refractivity contribution in [2.24, 2.45) is 11.3 Å². The van der Waals surface area contributed by atoms with E-state index in [2.05, 4.69) is 18.6 Å². The highest BCUT2D eigenvalue weighted by Gasteiger charge is 2.45. The van der Waals surface area contributed by atoms with E-state index >= 15 is 0 Å². The number of rotatable bonds is 6. The molecule has 1 aliphatic rings. The zero-order chi connectivity index (χ0) is 15.8. The van der Waals surface area contributed by atoms with Gasteiger partial charge in [-0.2, -0.15) is 0 Å². The topological polar surface area (TPSA) is 83.5 Å². The van der Waals surface area contributed by atoms with E-state index in [1.807, 2.05) is 0 Å². The lowest BCUT2D eigenvalue weighted by Gasteiger charge is -2.20. The molecule has 1 fully saturated rings. The molecule has 0 radical (unpaired) electrons. The van der Waals surface area contributed by atoms with Gasteiger partial charge in [0.1, 0.15) is 0 Å². The van der Waals surface area contributed by atoms with Crippen LogP contribution in [0.1, 0.15) is 42.6 Å². The van der Waals surface area contributed by atoms with Gasteiger partial charge in [0.2, 0.25) is 10.0 Å². The lowest BCUT2D eigenvalue weighted by molar-refractivity contribution is 0.0696. The summed E-state index contributed by atoms with van der Waals surface area (Å²) in [5, 5.41) is 8.99. The van der Waals surface area contributed by atoms with Gasteiger partial charge in [-0.25, -0.2) is 17.9 Å². The molecule has 6 heteroatoms. The Kier molecular flexibility index (Phi) is 4.13. The first kappa shape index (κ1) is 16.0. The van der Waals surface area contributed by atoms with Crippen LogP contribution in [0.3, 0.4) is 0 Å². The predicted molar refractivity (Wildman–Crippen MR) is 79.8 cm³/mol. The molecule has 116 valence electrons. The van der Waals surface area contributed by atoms with Gasteiger partial charge >= 0.3 is 5.97 Å². The number of carboxylic acids is 1. The van der Waals surface area contributed by atoms with E-state index in [1.54, 1.807) is 6.92 Å². The van der Waals surface area contributed by atoms with Crippen LogP contribution in [-0.2, 0) is 10.0 Å². The fourth-order valence-corrected chi connectivity index (χ4v) is 3.86. The van der Waals surface area contributed by atoms with E-state index in [4.69, 9.17) is 5.11 Å². The van der Waals surface area contributed by atoms with Crippen LogP contribution in [0.5, 0.6) is 0 Å². The first-order valence-corrected chi connectivity index (χ1v) is 8.50. The number of aromatic carboxylic acids is 1. The minimum atomic E-state index is -3.69. The number of sulfonamides is 1. The number of aryl methyl sites for hydroxylation is 1. The molecule has 0 heterocycles. The van der Waals surface area contributed by atoms with Gasteiger partial charge in [0.05, 0.1) is 10.5 Å². The molecule has 1 aromatic rings. The van der Waals surface area contributed by atoms with Crippen LogP contribution in [0.2, 0.25) is 0 Å². The molecule has 0 atom stereocenters. The smallest absolute Gasteiger partial charge is 0.335 e. The molecule has 0 spiro atoms.